The van der Waals surface area contributed by atoms with Gasteiger partial charge in [-0.1, -0.05) is 47.1 Å². The summed E-state index contributed by atoms with van der Waals surface area (Å²) in [5.41, 5.74) is 0.972. The van der Waals surface area contributed by atoms with Crippen molar-refractivity contribution < 1.29 is 9.53 Å². The number of halogens is 2. The maximum absolute atomic E-state index is 11.4. The monoisotopic (exact) mass is 384 g/mol. The normalized spacial score (nSPS) is 11.0. The van der Waals surface area contributed by atoms with Gasteiger partial charge >= 0.3 is 5.97 Å². The summed E-state index contributed by atoms with van der Waals surface area (Å²) in [7, 11) is 0. The molecule has 0 aliphatic rings. The lowest BCUT2D eigenvalue weighted by molar-refractivity contribution is -0.139. The predicted molar refractivity (Wildman–Crippen MR) is 94.1 cm³/mol. The largest absolute Gasteiger partial charge is 0.465 e. The molecule has 6 nitrogen and oxygen atoms in total. The van der Waals surface area contributed by atoms with E-state index < -0.39 is 0 Å². The standard InChI is InChI=1S/C15H14Cl2N4O2S/c1-2-23-14(22)9-24-15-19-12(17)7-13(20-15)21-18-8-10-3-5-11(16)6-4-10/h3-7H,2,8-9H2,1H3. The lowest BCUT2D eigenvalue weighted by atomic mass is 10.2. The van der Waals surface area contributed by atoms with Gasteiger partial charge in [-0.05, 0) is 24.6 Å². The smallest absolute Gasteiger partial charge is 0.316 e. The molecule has 0 bridgehead atoms. The van der Waals surface area contributed by atoms with Gasteiger partial charge in [0.2, 0.25) is 0 Å². The Morgan fingerprint density at radius 1 is 1.25 bits per heavy atom. The van der Waals surface area contributed by atoms with Crippen LogP contribution in [0.4, 0.5) is 5.82 Å². The molecule has 0 unspecified atom stereocenters. The molecule has 0 atom stereocenters. The fourth-order valence-corrected chi connectivity index (χ4v) is 2.61. The molecule has 0 spiro atoms. The van der Waals surface area contributed by atoms with Gasteiger partial charge in [0.1, 0.15) is 5.15 Å². The number of ether oxygens (including phenoxy) is 1. The first-order valence-corrected chi connectivity index (χ1v) is 8.76. The van der Waals surface area contributed by atoms with Crippen molar-refractivity contribution in [2.45, 2.75) is 18.6 Å². The zero-order valence-electron chi connectivity index (χ0n) is 12.8. The number of aromatic nitrogens is 2. The molecule has 0 N–H and O–H groups in total. The predicted octanol–water partition coefficient (Wildman–Crippen LogP) is 4.72. The van der Waals surface area contributed by atoms with Gasteiger partial charge in [0.25, 0.3) is 0 Å². The highest BCUT2D eigenvalue weighted by molar-refractivity contribution is 7.99. The molecule has 2 rings (SSSR count). The second kappa shape index (κ2) is 9.56. The fraction of sp³-hybridized carbons (Fsp3) is 0.267. The van der Waals surface area contributed by atoms with E-state index in [0.717, 1.165) is 17.3 Å². The summed E-state index contributed by atoms with van der Waals surface area (Å²) in [5.74, 6) is 0.0996. The number of thioether (sulfide) groups is 1. The van der Waals surface area contributed by atoms with E-state index in [-0.39, 0.29) is 16.9 Å². The fourth-order valence-electron chi connectivity index (χ4n) is 1.61. The number of hydrogen-bond acceptors (Lipinski definition) is 7. The number of carbonyl (C=O) groups excluding carboxylic acids is 1. The van der Waals surface area contributed by atoms with E-state index in [0.29, 0.717) is 29.1 Å². The zero-order chi connectivity index (χ0) is 17.4. The van der Waals surface area contributed by atoms with Crippen molar-refractivity contribution in [1.29, 1.82) is 0 Å². The van der Waals surface area contributed by atoms with Crippen molar-refractivity contribution in [2.75, 3.05) is 12.4 Å². The molecule has 9 heteroatoms. The van der Waals surface area contributed by atoms with Crippen LogP contribution in [0.2, 0.25) is 10.2 Å². The topological polar surface area (TPSA) is 76.8 Å². The number of benzene rings is 1. The van der Waals surface area contributed by atoms with Crippen LogP contribution in [0, 0.1) is 0 Å². The van der Waals surface area contributed by atoms with E-state index >= 15 is 0 Å². The first-order chi connectivity index (χ1) is 11.6. The number of rotatable bonds is 7. The lowest BCUT2D eigenvalue weighted by Crippen LogP contribution is -2.07. The number of carbonyl (C=O) groups is 1. The Balaban J connectivity index is 1.98. The third kappa shape index (κ3) is 6.43. The highest BCUT2D eigenvalue weighted by Crippen LogP contribution is 2.21. The second-order valence-electron chi connectivity index (χ2n) is 4.45. The third-order valence-electron chi connectivity index (χ3n) is 2.63. The molecule has 0 saturated heterocycles. The Morgan fingerprint density at radius 2 is 2.00 bits per heavy atom. The van der Waals surface area contributed by atoms with Crippen LogP contribution in [-0.4, -0.2) is 28.3 Å². The van der Waals surface area contributed by atoms with E-state index in [1.165, 1.54) is 6.07 Å². The number of nitrogens with zero attached hydrogens (tertiary/aromatic N) is 4. The van der Waals surface area contributed by atoms with Crippen molar-refractivity contribution in [1.82, 2.24) is 9.97 Å². The minimum absolute atomic E-state index is 0.107. The molecule has 0 saturated carbocycles. The molecule has 0 aliphatic heterocycles. The molecule has 126 valence electrons. The van der Waals surface area contributed by atoms with Gasteiger partial charge in [-0.25, -0.2) is 9.97 Å². The van der Waals surface area contributed by atoms with Crippen LogP contribution in [0.15, 0.2) is 45.7 Å². The molecule has 0 amide bonds. The van der Waals surface area contributed by atoms with Crippen LogP contribution in [0.25, 0.3) is 0 Å². The summed E-state index contributed by atoms with van der Waals surface area (Å²) in [6.07, 6.45) is 0. The molecular weight excluding hydrogens is 371 g/mol. The first kappa shape index (κ1) is 18.6. The Morgan fingerprint density at radius 3 is 2.71 bits per heavy atom. The molecular formula is C15H14Cl2N4O2S. The van der Waals surface area contributed by atoms with Gasteiger partial charge in [-0.2, -0.15) is 5.11 Å². The maximum atomic E-state index is 11.4. The quantitative estimate of drug-likeness (QED) is 0.227. The number of hydrogen-bond donors (Lipinski definition) is 0. The minimum atomic E-state index is -0.336. The van der Waals surface area contributed by atoms with Crippen molar-refractivity contribution in [3.63, 3.8) is 0 Å². The van der Waals surface area contributed by atoms with Crippen molar-refractivity contribution in [3.8, 4) is 0 Å². The van der Waals surface area contributed by atoms with Gasteiger partial charge in [0.15, 0.2) is 11.0 Å². The molecule has 1 aromatic carbocycles. The summed E-state index contributed by atoms with van der Waals surface area (Å²) in [4.78, 5) is 19.6. The zero-order valence-corrected chi connectivity index (χ0v) is 15.1. The van der Waals surface area contributed by atoms with E-state index in [2.05, 4.69) is 20.2 Å². The van der Waals surface area contributed by atoms with Crippen LogP contribution in [-0.2, 0) is 16.1 Å². The lowest BCUT2D eigenvalue weighted by Gasteiger charge is -2.02. The summed E-state index contributed by atoms with van der Waals surface area (Å²) in [5, 5.41) is 9.36. The average Bonchev–Trinajstić information content (AvgIpc) is 2.55. The van der Waals surface area contributed by atoms with Crippen molar-refractivity contribution in [2.24, 2.45) is 10.2 Å². The third-order valence-corrected chi connectivity index (χ3v) is 3.89. The highest BCUT2D eigenvalue weighted by Gasteiger charge is 2.08. The number of azo groups is 1. The Kier molecular flexibility index (Phi) is 7.42. The molecule has 24 heavy (non-hydrogen) atoms. The summed E-state index contributed by atoms with van der Waals surface area (Å²) in [6.45, 7) is 2.47. The Hall–Kier alpha value is -1.70. The Bertz CT molecular complexity index is 726. The summed E-state index contributed by atoms with van der Waals surface area (Å²) < 4.78 is 4.85. The SMILES string of the molecule is CCOC(=O)CSc1nc(Cl)cc(N=NCc2ccc(Cl)cc2)n1. The van der Waals surface area contributed by atoms with E-state index in [1.54, 1.807) is 19.1 Å². The second-order valence-corrected chi connectivity index (χ2v) is 6.22. The van der Waals surface area contributed by atoms with Crippen LogP contribution in [0.5, 0.6) is 0 Å². The highest BCUT2D eigenvalue weighted by atomic mass is 35.5. The summed E-state index contributed by atoms with van der Waals surface area (Å²) in [6, 6.07) is 8.82. The van der Waals surface area contributed by atoms with Crippen LogP contribution in [0.1, 0.15) is 12.5 Å². The van der Waals surface area contributed by atoms with E-state index in [4.69, 9.17) is 27.9 Å². The molecule has 0 radical (unpaired) electrons. The van der Waals surface area contributed by atoms with Crippen molar-refractivity contribution in [3.05, 3.63) is 46.1 Å². The van der Waals surface area contributed by atoms with Crippen LogP contribution in [0.3, 0.4) is 0 Å². The first-order valence-electron chi connectivity index (χ1n) is 7.01. The van der Waals surface area contributed by atoms with Gasteiger partial charge in [-0.3, -0.25) is 4.79 Å². The van der Waals surface area contributed by atoms with Crippen LogP contribution < -0.4 is 0 Å². The van der Waals surface area contributed by atoms with E-state index in [1.807, 2.05) is 12.1 Å². The molecule has 0 fully saturated rings. The maximum Gasteiger partial charge on any atom is 0.316 e. The number of esters is 1. The van der Waals surface area contributed by atoms with Gasteiger partial charge in [-0.15, -0.1) is 5.11 Å². The van der Waals surface area contributed by atoms with Crippen LogP contribution >= 0.6 is 35.0 Å². The molecule has 2 aromatic rings. The Labute approximate surface area is 153 Å². The minimum Gasteiger partial charge on any atom is -0.465 e. The molecule has 0 aliphatic carbocycles. The summed E-state index contributed by atoms with van der Waals surface area (Å²) >= 11 is 12.9. The molecule has 1 heterocycles. The molecule has 1 aromatic heterocycles. The average molecular weight is 385 g/mol. The van der Waals surface area contributed by atoms with E-state index in [9.17, 15) is 4.79 Å². The van der Waals surface area contributed by atoms with Gasteiger partial charge < -0.3 is 4.74 Å². The van der Waals surface area contributed by atoms with Gasteiger partial charge in [0, 0.05) is 11.1 Å². The van der Waals surface area contributed by atoms with Crippen molar-refractivity contribution >= 4 is 46.8 Å². The van der Waals surface area contributed by atoms with Gasteiger partial charge in [0.05, 0.1) is 18.9 Å².